The Morgan fingerprint density at radius 2 is 2.10 bits per heavy atom. The highest BCUT2D eigenvalue weighted by molar-refractivity contribution is 5.28. The minimum Gasteiger partial charge on any atom is -0.494 e. The minimum atomic E-state index is 0.632. The van der Waals surface area contributed by atoms with Gasteiger partial charge >= 0.3 is 0 Å². The van der Waals surface area contributed by atoms with Crippen LogP contribution in [0.4, 0.5) is 0 Å². The van der Waals surface area contributed by atoms with Crippen LogP contribution in [0.25, 0.3) is 0 Å². The van der Waals surface area contributed by atoms with Crippen LogP contribution in [-0.4, -0.2) is 36.7 Å². The summed E-state index contributed by atoms with van der Waals surface area (Å²) in [4.78, 5) is 2.63. The maximum atomic E-state index is 5.75. The maximum Gasteiger partial charge on any atom is 0.119 e. The van der Waals surface area contributed by atoms with Crippen molar-refractivity contribution in [2.45, 2.75) is 58.7 Å². The zero-order chi connectivity index (χ0) is 15.1. The summed E-state index contributed by atoms with van der Waals surface area (Å²) in [6, 6.07) is 9.87. The maximum absolute atomic E-state index is 5.75. The van der Waals surface area contributed by atoms with Gasteiger partial charge in [-0.3, -0.25) is 4.90 Å². The Morgan fingerprint density at radius 3 is 2.81 bits per heavy atom. The van der Waals surface area contributed by atoms with Crippen LogP contribution in [-0.2, 0) is 6.54 Å². The molecule has 0 radical (unpaired) electrons. The molecule has 1 saturated heterocycles. The number of hydrogen-bond donors (Lipinski definition) is 1. The van der Waals surface area contributed by atoms with E-state index in [-0.39, 0.29) is 0 Å². The Kier molecular flexibility index (Phi) is 6.52. The molecular formula is C18H30N2O. The first-order chi connectivity index (χ1) is 10.3. The van der Waals surface area contributed by atoms with E-state index in [1.54, 1.807) is 0 Å². The molecule has 2 unspecified atom stereocenters. The predicted molar refractivity (Wildman–Crippen MR) is 88.8 cm³/mol. The molecule has 0 aliphatic carbocycles. The quantitative estimate of drug-likeness (QED) is 0.832. The largest absolute Gasteiger partial charge is 0.494 e. The molecule has 1 aromatic rings. The van der Waals surface area contributed by atoms with Crippen molar-refractivity contribution in [3.05, 3.63) is 29.8 Å². The zero-order valence-electron chi connectivity index (χ0n) is 13.8. The van der Waals surface area contributed by atoms with Crippen LogP contribution in [0.1, 0.15) is 45.6 Å². The standard InChI is InChI=1S/C18H30N2O/c1-4-10-21-18-9-7-8-15(11-18)13-20-14-16(5-2)19-12-17(20)6-3/h7-9,11,16-17,19H,4-6,10,12-14H2,1-3H3. The van der Waals surface area contributed by atoms with Crippen molar-refractivity contribution in [2.24, 2.45) is 0 Å². The summed E-state index contributed by atoms with van der Waals surface area (Å²) in [7, 11) is 0. The van der Waals surface area contributed by atoms with Crippen LogP contribution in [0.15, 0.2) is 24.3 Å². The highest BCUT2D eigenvalue weighted by Crippen LogP contribution is 2.19. The lowest BCUT2D eigenvalue weighted by atomic mass is 10.0. The van der Waals surface area contributed by atoms with Gasteiger partial charge in [0.2, 0.25) is 0 Å². The SMILES string of the molecule is CCCOc1cccc(CN2CC(CC)NCC2CC)c1. The Balaban J connectivity index is 2.00. The van der Waals surface area contributed by atoms with E-state index in [0.717, 1.165) is 38.4 Å². The fourth-order valence-electron chi connectivity index (χ4n) is 2.99. The number of hydrogen-bond acceptors (Lipinski definition) is 3. The molecule has 3 nitrogen and oxygen atoms in total. The molecule has 0 bridgehead atoms. The first-order valence-corrected chi connectivity index (χ1v) is 8.45. The average molecular weight is 290 g/mol. The number of nitrogens with one attached hydrogen (secondary N) is 1. The van der Waals surface area contributed by atoms with Gasteiger partial charge in [0.1, 0.15) is 5.75 Å². The molecule has 2 rings (SSSR count). The van der Waals surface area contributed by atoms with Gasteiger partial charge in [0.25, 0.3) is 0 Å². The molecule has 0 saturated carbocycles. The van der Waals surface area contributed by atoms with E-state index in [2.05, 4.69) is 55.3 Å². The number of benzene rings is 1. The average Bonchev–Trinajstić information content (AvgIpc) is 2.53. The fraction of sp³-hybridized carbons (Fsp3) is 0.667. The third kappa shape index (κ3) is 4.72. The first-order valence-electron chi connectivity index (χ1n) is 8.45. The molecule has 1 heterocycles. The Bertz CT molecular complexity index is 421. The zero-order valence-corrected chi connectivity index (χ0v) is 13.8. The molecule has 1 aliphatic rings. The summed E-state index contributed by atoms with van der Waals surface area (Å²) in [5.74, 6) is 1.00. The van der Waals surface area contributed by atoms with Crippen LogP contribution in [0.5, 0.6) is 5.75 Å². The van der Waals surface area contributed by atoms with E-state index < -0.39 is 0 Å². The molecule has 21 heavy (non-hydrogen) atoms. The van der Waals surface area contributed by atoms with E-state index in [0.29, 0.717) is 12.1 Å². The first kappa shape index (κ1) is 16.3. The topological polar surface area (TPSA) is 24.5 Å². The molecular weight excluding hydrogens is 260 g/mol. The monoisotopic (exact) mass is 290 g/mol. The van der Waals surface area contributed by atoms with E-state index in [1.165, 1.54) is 18.4 Å². The van der Waals surface area contributed by atoms with Crippen LogP contribution >= 0.6 is 0 Å². The van der Waals surface area contributed by atoms with E-state index in [1.807, 2.05) is 0 Å². The third-order valence-electron chi connectivity index (χ3n) is 4.33. The lowest BCUT2D eigenvalue weighted by Crippen LogP contribution is -2.55. The Hall–Kier alpha value is -1.06. The molecule has 1 aliphatic heterocycles. The van der Waals surface area contributed by atoms with Gasteiger partial charge in [-0.15, -0.1) is 0 Å². The normalized spacial score (nSPS) is 23.2. The number of ether oxygens (including phenoxy) is 1. The van der Waals surface area contributed by atoms with Gasteiger partial charge in [0.05, 0.1) is 6.61 Å². The van der Waals surface area contributed by atoms with Crippen molar-refractivity contribution >= 4 is 0 Å². The Labute approximate surface area is 129 Å². The number of piperazine rings is 1. The van der Waals surface area contributed by atoms with Crippen LogP contribution in [0.3, 0.4) is 0 Å². The predicted octanol–water partition coefficient (Wildman–Crippen LogP) is 3.44. The Morgan fingerprint density at radius 1 is 1.24 bits per heavy atom. The molecule has 3 heteroatoms. The summed E-state index contributed by atoms with van der Waals surface area (Å²) < 4.78 is 5.75. The van der Waals surface area contributed by atoms with Gasteiger partial charge in [-0.1, -0.05) is 32.9 Å². The van der Waals surface area contributed by atoms with Crippen LogP contribution in [0.2, 0.25) is 0 Å². The highest BCUT2D eigenvalue weighted by Gasteiger charge is 2.25. The minimum absolute atomic E-state index is 0.632. The van der Waals surface area contributed by atoms with Crippen molar-refractivity contribution < 1.29 is 4.74 Å². The molecule has 118 valence electrons. The second-order valence-electron chi connectivity index (χ2n) is 6.00. The smallest absolute Gasteiger partial charge is 0.119 e. The molecule has 0 spiro atoms. The summed E-state index contributed by atoms with van der Waals surface area (Å²) in [6.45, 7) is 10.8. The van der Waals surface area contributed by atoms with Crippen LogP contribution < -0.4 is 10.1 Å². The summed E-state index contributed by atoms with van der Waals surface area (Å²) in [5.41, 5.74) is 1.36. The van der Waals surface area contributed by atoms with Gasteiger partial charge < -0.3 is 10.1 Å². The number of nitrogens with zero attached hydrogens (tertiary/aromatic N) is 1. The fourth-order valence-corrected chi connectivity index (χ4v) is 2.99. The highest BCUT2D eigenvalue weighted by atomic mass is 16.5. The van der Waals surface area contributed by atoms with E-state index in [9.17, 15) is 0 Å². The molecule has 1 N–H and O–H groups in total. The lowest BCUT2D eigenvalue weighted by molar-refractivity contribution is 0.117. The summed E-state index contributed by atoms with van der Waals surface area (Å²) >= 11 is 0. The van der Waals surface area contributed by atoms with Crippen molar-refractivity contribution in [3.63, 3.8) is 0 Å². The molecule has 1 fully saturated rings. The third-order valence-corrected chi connectivity index (χ3v) is 4.33. The van der Waals surface area contributed by atoms with Gasteiger partial charge in [-0.2, -0.15) is 0 Å². The second-order valence-corrected chi connectivity index (χ2v) is 6.00. The van der Waals surface area contributed by atoms with Crippen LogP contribution in [0, 0.1) is 0 Å². The molecule has 0 aromatic heterocycles. The molecule has 2 atom stereocenters. The van der Waals surface area contributed by atoms with Gasteiger partial charge in [0.15, 0.2) is 0 Å². The van der Waals surface area contributed by atoms with Gasteiger partial charge in [-0.25, -0.2) is 0 Å². The summed E-state index contributed by atoms with van der Waals surface area (Å²) in [5, 5.41) is 3.66. The second kappa shape index (κ2) is 8.40. The van der Waals surface area contributed by atoms with Gasteiger partial charge in [0, 0.05) is 31.7 Å². The summed E-state index contributed by atoms with van der Waals surface area (Å²) in [6.07, 6.45) is 3.46. The van der Waals surface area contributed by atoms with E-state index >= 15 is 0 Å². The number of rotatable bonds is 7. The van der Waals surface area contributed by atoms with Gasteiger partial charge in [-0.05, 0) is 37.0 Å². The van der Waals surface area contributed by atoms with Crippen molar-refractivity contribution in [1.29, 1.82) is 0 Å². The van der Waals surface area contributed by atoms with Crippen molar-refractivity contribution in [3.8, 4) is 5.75 Å². The van der Waals surface area contributed by atoms with Crippen molar-refractivity contribution in [1.82, 2.24) is 10.2 Å². The molecule has 1 aromatic carbocycles. The lowest BCUT2D eigenvalue weighted by Gasteiger charge is -2.40. The van der Waals surface area contributed by atoms with Crippen molar-refractivity contribution in [2.75, 3.05) is 19.7 Å². The molecule has 0 amide bonds. The van der Waals surface area contributed by atoms with E-state index in [4.69, 9.17) is 4.74 Å².